The zero-order valence-electron chi connectivity index (χ0n) is 6.52. The molecule has 0 spiro atoms. The van der Waals surface area contributed by atoms with E-state index < -0.39 is 0 Å². The van der Waals surface area contributed by atoms with Crippen molar-refractivity contribution in [2.24, 2.45) is 17.2 Å². The zero-order chi connectivity index (χ0) is 7.78. The van der Waals surface area contributed by atoms with Crippen molar-refractivity contribution < 1.29 is 0 Å². The quantitative estimate of drug-likeness (QED) is 0.331. The molecule has 1 rings (SSSR count). The van der Waals surface area contributed by atoms with E-state index in [2.05, 4.69) is 25.2 Å². The number of hydrogen-bond acceptors (Lipinski definition) is 2. The second-order valence-corrected chi connectivity index (χ2v) is 3.61. The van der Waals surface area contributed by atoms with Crippen molar-refractivity contribution in [1.29, 1.82) is 0 Å². The molecule has 1 aliphatic rings. The van der Waals surface area contributed by atoms with Crippen molar-refractivity contribution in [1.82, 2.24) is 5.43 Å². The van der Waals surface area contributed by atoms with E-state index in [9.17, 15) is 0 Å². The van der Waals surface area contributed by atoms with Crippen LogP contribution < -0.4 is 11.3 Å². The first-order valence-electron chi connectivity index (χ1n) is 3.54. The lowest BCUT2D eigenvalue weighted by Gasteiger charge is -2.09. The zero-order valence-corrected chi connectivity index (χ0v) is 6.52. The van der Waals surface area contributed by atoms with Gasteiger partial charge in [-0.2, -0.15) is 0 Å². The molecule has 1 fully saturated rings. The number of hydrogen-bond donors (Lipinski definition) is 2. The first kappa shape index (κ1) is 7.59. The molecule has 0 amide bonds. The van der Waals surface area contributed by atoms with Gasteiger partial charge < -0.3 is 0 Å². The van der Waals surface area contributed by atoms with Crippen LogP contribution in [0.3, 0.4) is 0 Å². The Balaban J connectivity index is 2.46. The lowest BCUT2D eigenvalue weighted by atomic mass is 10.1. The van der Waals surface area contributed by atoms with Crippen LogP contribution in [0.15, 0.2) is 0 Å². The van der Waals surface area contributed by atoms with Crippen LogP contribution in [0.4, 0.5) is 0 Å². The Morgan fingerprint density at radius 2 is 2.30 bits per heavy atom. The summed E-state index contributed by atoms with van der Waals surface area (Å²) in [5.74, 6) is 8.46. The molecule has 2 atom stereocenters. The van der Waals surface area contributed by atoms with Gasteiger partial charge in [-0.1, -0.05) is 19.8 Å². The molecule has 1 aliphatic carbocycles. The Morgan fingerprint density at radius 3 is 2.40 bits per heavy atom. The fourth-order valence-electron chi connectivity index (χ4n) is 1.36. The fourth-order valence-corrected chi connectivity index (χ4v) is 1.36. The minimum atomic E-state index is 0.0648. The highest BCUT2D eigenvalue weighted by atomic mass is 15.2. The largest absolute Gasteiger partial charge is 0.270 e. The molecule has 2 nitrogen and oxygen atoms in total. The second kappa shape index (κ2) is 2.26. The molecular formula is C8H14N2. The van der Waals surface area contributed by atoms with Crippen LogP contribution in [0.1, 0.15) is 20.3 Å². The topological polar surface area (TPSA) is 38.0 Å². The van der Waals surface area contributed by atoms with Crippen LogP contribution in [0, 0.1) is 23.7 Å². The van der Waals surface area contributed by atoms with Gasteiger partial charge >= 0.3 is 0 Å². The van der Waals surface area contributed by atoms with E-state index >= 15 is 0 Å². The summed E-state index contributed by atoms with van der Waals surface area (Å²) >= 11 is 0. The number of terminal acetylenes is 1. The Morgan fingerprint density at radius 1 is 1.80 bits per heavy atom. The average Bonchev–Trinajstić information content (AvgIpc) is 2.44. The van der Waals surface area contributed by atoms with Gasteiger partial charge in [0.15, 0.2) is 0 Å². The molecule has 0 saturated heterocycles. The van der Waals surface area contributed by atoms with Gasteiger partial charge in [0.05, 0.1) is 6.04 Å². The molecule has 10 heavy (non-hydrogen) atoms. The van der Waals surface area contributed by atoms with E-state index in [0.29, 0.717) is 11.3 Å². The Labute approximate surface area is 62.1 Å². The SMILES string of the molecule is C#CC(NN)C1CC1(C)C. The van der Waals surface area contributed by atoms with Crippen LogP contribution in [0.25, 0.3) is 0 Å². The van der Waals surface area contributed by atoms with E-state index in [4.69, 9.17) is 12.3 Å². The van der Waals surface area contributed by atoms with Gasteiger partial charge in [-0.15, -0.1) is 6.42 Å². The Bertz CT molecular complexity index is 167. The summed E-state index contributed by atoms with van der Waals surface area (Å²) in [6.45, 7) is 4.42. The third kappa shape index (κ3) is 1.16. The summed E-state index contributed by atoms with van der Waals surface area (Å²) in [5, 5.41) is 0. The Hall–Kier alpha value is -0.520. The first-order chi connectivity index (χ1) is 4.61. The molecule has 0 aromatic rings. The van der Waals surface area contributed by atoms with E-state index in [0.717, 1.165) is 0 Å². The van der Waals surface area contributed by atoms with Crippen molar-refractivity contribution >= 4 is 0 Å². The molecule has 0 aromatic heterocycles. The third-order valence-electron chi connectivity index (χ3n) is 2.35. The highest BCUT2D eigenvalue weighted by Gasteiger charge is 2.49. The minimum Gasteiger partial charge on any atom is -0.270 e. The van der Waals surface area contributed by atoms with E-state index in [1.165, 1.54) is 6.42 Å². The summed E-state index contributed by atoms with van der Waals surface area (Å²) < 4.78 is 0. The molecule has 1 saturated carbocycles. The van der Waals surface area contributed by atoms with Gasteiger partial charge in [0, 0.05) is 0 Å². The van der Waals surface area contributed by atoms with E-state index in [1.807, 2.05) is 0 Å². The molecular weight excluding hydrogens is 124 g/mol. The van der Waals surface area contributed by atoms with Gasteiger partial charge in [0.1, 0.15) is 0 Å². The van der Waals surface area contributed by atoms with Gasteiger partial charge in [-0.25, -0.2) is 5.43 Å². The predicted octanol–water partition coefficient (Wildman–Crippen LogP) is 0.498. The molecule has 0 aliphatic heterocycles. The minimum absolute atomic E-state index is 0.0648. The van der Waals surface area contributed by atoms with E-state index in [-0.39, 0.29) is 6.04 Å². The number of rotatable bonds is 2. The number of nitrogens with one attached hydrogen (secondary N) is 1. The number of hydrazine groups is 1. The van der Waals surface area contributed by atoms with E-state index in [1.54, 1.807) is 0 Å². The van der Waals surface area contributed by atoms with Crippen LogP contribution >= 0.6 is 0 Å². The highest BCUT2D eigenvalue weighted by Crippen LogP contribution is 2.53. The van der Waals surface area contributed by atoms with Crippen molar-refractivity contribution in [2.45, 2.75) is 26.3 Å². The summed E-state index contributed by atoms with van der Waals surface area (Å²) in [6.07, 6.45) is 6.44. The molecule has 0 heterocycles. The fraction of sp³-hybridized carbons (Fsp3) is 0.750. The van der Waals surface area contributed by atoms with Crippen molar-refractivity contribution in [3.63, 3.8) is 0 Å². The molecule has 0 bridgehead atoms. The molecule has 56 valence electrons. The summed E-state index contributed by atoms with van der Waals surface area (Å²) in [5.41, 5.74) is 3.04. The first-order valence-corrected chi connectivity index (χ1v) is 3.54. The van der Waals surface area contributed by atoms with Crippen molar-refractivity contribution in [3.8, 4) is 12.3 Å². The number of nitrogens with two attached hydrogens (primary N) is 1. The molecule has 2 unspecified atom stereocenters. The standard InChI is InChI=1S/C8H14N2/c1-4-7(10-9)6-5-8(6,2)3/h1,6-7,10H,5,9H2,2-3H3. The van der Waals surface area contributed by atoms with Crippen LogP contribution in [-0.2, 0) is 0 Å². The van der Waals surface area contributed by atoms with Crippen molar-refractivity contribution in [3.05, 3.63) is 0 Å². The maximum Gasteiger partial charge on any atom is 0.0848 e. The van der Waals surface area contributed by atoms with Crippen LogP contribution in [0.5, 0.6) is 0 Å². The lowest BCUT2D eigenvalue weighted by Crippen LogP contribution is -2.36. The highest BCUT2D eigenvalue weighted by molar-refractivity contribution is 5.12. The van der Waals surface area contributed by atoms with Crippen LogP contribution in [-0.4, -0.2) is 6.04 Å². The van der Waals surface area contributed by atoms with Gasteiger partial charge in [0.25, 0.3) is 0 Å². The van der Waals surface area contributed by atoms with Gasteiger partial charge in [-0.3, -0.25) is 5.84 Å². The maximum absolute atomic E-state index is 5.25. The predicted molar refractivity (Wildman–Crippen MR) is 41.8 cm³/mol. The van der Waals surface area contributed by atoms with Gasteiger partial charge in [0.2, 0.25) is 0 Å². The normalized spacial score (nSPS) is 30.8. The monoisotopic (exact) mass is 138 g/mol. The van der Waals surface area contributed by atoms with Crippen molar-refractivity contribution in [2.75, 3.05) is 0 Å². The molecule has 0 aromatic carbocycles. The Kier molecular flexibility index (Phi) is 1.72. The lowest BCUT2D eigenvalue weighted by molar-refractivity contribution is 0.476. The van der Waals surface area contributed by atoms with Gasteiger partial charge in [-0.05, 0) is 17.8 Å². The molecule has 0 radical (unpaired) electrons. The summed E-state index contributed by atoms with van der Waals surface area (Å²) in [7, 11) is 0. The smallest absolute Gasteiger partial charge is 0.0848 e. The third-order valence-corrected chi connectivity index (χ3v) is 2.35. The maximum atomic E-state index is 5.25. The molecule has 2 heteroatoms. The second-order valence-electron chi connectivity index (χ2n) is 3.61. The average molecular weight is 138 g/mol. The summed E-state index contributed by atoms with van der Waals surface area (Å²) in [6, 6.07) is 0.0648. The molecule has 3 N–H and O–H groups in total. The summed E-state index contributed by atoms with van der Waals surface area (Å²) in [4.78, 5) is 0. The van der Waals surface area contributed by atoms with Crippen LogP contribution in [0.2, 0.25) is 0 Å².